The third-order valence-electron chi connectivity index (χ3n) is 5.65. The van der Waals surface area contributed by atoms with Gasteiger partial charge >= 0.3 is 0 Å². The third-order valence-corrected chi connectivity index (χ3v) is 5.65. The fraction of sp³-hybridized carbons (Fsp3) is 0.565. The van der Waals surface area contributed by atoms with Crippen LogP contribution < -0.4 is 4.90 Å². The predicted molar refractivity (Wildman–Crippen MR) is 110 cm³/mol. The van der Waals surface area contributed by atoms with E-state index >= 15 is 0 Å². The summed E-state index contributed by atoms with van der Waals surface area (Å²) in [6, 6.07) is 7.97. The number of pyridine rings is 1. The van der Waals surface area contributed by atoms with Crippen LogP contribution in [-0.2, 0) is 39.1 Å². The summed E-state index contributed by atoms with van der Waals surface area (Å²) < 4.78 is 5.30. The number of hydrogen-bond donors (Lipinski definition) is 1. The van der Waals surface area contributed by atoms with Crippen LogP contribution in [0.2, 0.25) is 0 Å². The Balaban J connectivity index is 0.00000300. The molecule has 5 nitrogen and oxygen atoms in total. The number of nitrogens with zero attached hydrogens (tertiary/aromatic N) is 3. The fourth-order valence-corrected chi connectivity index (χ4v) is 4.05. The molecule has 3 heterocycles. The minimum absolute atomic E-state index is 0. The monoisotopic (exact) mass is 469 g/mol. The Morgan fingerprint density at radius 3 is 2.86 bits per heavy atom. The van der Waals surface area contributed by atoms with Gasteiger partial charge in [-0.2, -0.15) is 6.07 Å². The van der Waals surface area contributed by atoms with E-state index in [1.54, 1.807) is 6.07 Å². The zero-order valence-electron chi connectivity index (χ0n) is 17.3. The molecule has 1 saturated heterocycles. The molecule has 1 aliphatic rings. The van der Waals surface area contributed by atoms with Crippen molar-refractivity contribution in [2.24, 2.45) is 0 Å². The van der Waals surface area contributed by atoms with Gasteiger partial charge in [-0.05, 0) is 31.2 Å². The normalized spacial score (nSPS) is 19.6. The van der Waals surface area contributed by atoms with Gasteiger partial charge in [0.15, 0.2) is 0 Å². The number of aliphatic hydroxyl groups is 1. The maximum atomic E-state index is 10.3. The predicted octanol–water partition coefficient (Wildman–Crippen LogP) is 4.98. The Labute approximate surface area is 199 Å². The summed E-state index contributed by atoms with van der Waals surface area (Å²) in [5.74, 6) is 0.951. The van der Waals surface area contributed by atoms with Crippen molar-refractivity contribution in [2.45, 2.75) is 76.5 Å². The molecule has 0 aliphatic carbocycles. The van der Waals surface area contributed by atoms with Gasteiger partial charge in [-0.3, -0.25) is 4.98 Å². The summed E-state index contributed by atoms with van der Waals surface area (Å²) in [6.07, 6.45) is 11.9. The van der Waals surface area contributed by atoms with Crippen molar-refractivity contribution in [1.82, 2.24) is 4.98 Å². The van der Waals surface area contributed by atoms with Crippen molar-refractivity contribution < 1.29 is 42.2 Å². The van der Waals surface area contributed by atoms with E-state index in [-0.39, 0.29) is 44.8 Å². The molecule has 0 spiro atoms. The quantitative estimate of drug-likeness (QED) is 0.394. The molecule has 1 N–H and O–H groups in total. The number of aromatic nitrogens is 1. The van der Waals surface area contributed by atoms with Gasteiger partial charge in [0.1, 0.15) is 6.04 Å². The largest absolute Gasteiger partial charge is 0.596 e. The molecule has 3 atom stereocenters. The first-order valence-electron chi connectivity index (χ1n) is 10.4. The Bertz CT molecular complexity index is 742. The number of anilines is 1. The number of aliphatic hydroxyl groups excluding tert-OH is 1. The molecule has 29 heavy (non-hydrogen) atoms. The fourth-order valence-electron chi connectivity index (χ4n) is 4.05. The molecule has 6 heteroatoms. The SMILES string of the molecule is [C-]#[N+]C1CCN(c2ccc(C(O)CCCCC)nc2)C1CCCc1cc[c-]o1.[Y]. The van der Waals surface area contributed by atoms with Crippen molar-refractivity contribution >= 4 is 5.69 Å². The van der Waals surface area contributed by atoms with Crippen LogP contribution in [0.4, 0.5) is 5.69 Å². The summed E-state index contributed by atoms with van der Waals surface area (Å²) >= 11 is 0. The van der Waals surface area contributed by atoms with Crippen molar-refractivity contribution in [3.8, 4) is 0 Å². The Hall–Kier alpha value is -1.22. The van der Waals surface area contributed by atoms with Crippen LogP contribution in [0.15, 0.2) is 34.9 Å². The molecule has 2 aromatic heterocycles. The molecule has 2 aromatic rings. The summed E-state index contributed by atoms with van der Waals surface area (Å²) in [4.78, 5) is 10.7. The molecular formula is C23H30N3O2Y-. The Morgan fingerprint density at radius 2 is 2.21 bits per heavy atom. The van der Waals surface area contributed by atoms with Crippen molar-refractivity contribution in [2.75, 3.05) is 11.4 Å². The molecule has 153 valence electrons. The Kier molecular flexibility index (Phi) is 10.3. The smallest absolute Gasteiger partial charge is 0.245 e. The average molecular weight is 469 g/mol. The van der Waals surface area contributed by atoms with Gasteiger partial charge in [-0.1, -0.05) is 44.8 Å². The van der Waals surface area contributed by atoms with Crippen LogP contribution in [0.25, 0.3) is 4.85 Å². The average Bonchev–Trinajstić information content (AvgIpc) is 3.38. The van der Waals surface area contributed by atoms with Crippen molar-refractivity contribution in [1.29, 1.82) is 0 Å². The number of unbranched alkanes of at least 4 members (excludes halogenated alkanes) is 2. The van der Waals surface area contributed by atoms with Gasteiger partial charge in [-0.25, -0.2) is 6.57 Å². The van der Waals surface area contributed by atoms with E-state index in [9.17, 15) is 5.11 Å². The molecule has 0 saturated carbocycles. The molecular weight excluding hydrogens is 439 g/mol. The molecule has 1 radical (unpaired) electrons. The summed E-state index contributed by atoms with van der Waals surface area (Å²) in [5, 5.41) is 10.3. The first-order chi connectivity index (χ1) is 13.7. The number of aryl methyl sites for hydroxylation is 1. The van der Waals surface area contributed by atoms with Crippen LogP contribution in [0.1, 0.15) is 69.4 Å². The third kappa shape index (κ3) is 6.64. The van der Waals surface area contributed by atoms with E-state index in [1.807, 2.05) is 24.4 Å². The summed E-state index contributed by atoms with van der Waals surface area (Å²) in [7, 11) is 0. The van der Waals surface area contributed by atoms with E-state index in [0.717, 1.165) is 75.1 Å². The molecule has 0 bridgehead atoms. The van der Waals surface area contributed by atoms with Gasteiger partial charge < -0.3 is 19.3 Å². The van der Waals surface area contributed by atoms with Crippen molar-refractivity contribution in [3.05, 3.63) is 59.6 Å². The van der Waals surface area contributed by atoms with Crippen LogP contribution in [-0.4, -0.2) is 28.7 Å². The van der Waals surface area contributed by atoms with E-state index in [2.05, 4.69) is 27.9 Å². The second kappa shape index (κ2) is 12.5. The topological polar surface area (TPSA) is 53.9 Å². The Morgan fingerprint density at radius 1 is 1.34 bits per heavy atom. The summed E-state index contributed by atoms with van der Waals surface area (Å²) in [5.41, 5.74) is 1.79. The van der Waals surface area contributed by atoms with Crippen LogP contribution in [0, 0.1) is 12.8 Å². The second-order valence-corrected chi connectivity index (χ2v) is 7.61. The second-order valence-electron chi connectivity index (χ2n) is 7.61. The van der Waals surface area contributed by atoms with Gasteiger partial charge in [0.05, 0.1) is 23.7 Å². The van der Waals surface area contributed by atoms with Crippen LogP contribution in [0.3, 0.4) is 0 Å². The number of rotatable bonds is 10. The standard InChI is InChI=1S/C23H30N3O2.Y/c1-3-4-5-11-23(27)21-13-12-18(17-25-21)26-15-14-20(24-2)22(26)10-6-8-19-9-7-16-28-19;/h7,9,12-13,17,20,22-23,27H,3-6,8,10-11,14-15H2,1H3;/q-1;. The first-order valence-corrected chi connectivity index (χ1v) is 10.4. The van der Waals surface area contributed by atoms with Gasteiger partial charge in [-0.15, -0.1) is 6.07 Å². The van der Waals surface area contributed by atoms with Gasteiger partial charge in [0, 0.05) is 45.7 Å². The van der Waals surface area contributed by atoms with Crippen molar-refractivity contribution in [3.63, 3.8) is 0 Å². The molecule has 1 aliphatic heterocycles. The molecule has 0 amide bonds. The molecule has 3 unspecified atom stereocenters. The van der Waals surface area contributed by atoms with E-state index in [4.69, 9.17) is 11.0 Å². The van der Waals surface area contributed by atoms with Crippen LogP contribution in [0.5, 0.6) is 0 Å². The van der Waals surface area contributed by atoms with E-state index in [0.29, 0.717) is 0 Å². The van der Waals surface area contributed by atoms with Crippen LogP contribution >= 0.6 is 0 Å². The van der Waals surface area contributed by atoms with Gasteiger partial charge in [0.25, 0.3) is 0 Å². The van der Waals surface area contributed by atoms with E-state index in [1.165, 1.54) is 0 Å². The minimum atomic E-state index is -0.490. The van der Waals surface area contributed by atoms with Gasteiger partial charge in [0.2, 0.25) is 6.04 Å². The first kappa shape index (κ1) is 24.1. The molecule has 0 aromatic carbocycles. The molecule has 1 fully saturated rings. The molecule has 3 rings (SSSR count). The minimum Gasteiger partial charge on any atom is -0.596 e. The number of furan rings is 1. The zero-order valence-corrected chi connectivity index (χ0v) is 20.1. The van der Waals surface area contributed by atoms with E-state index < -0.39 is 6.10 Å². The maximum absolute atomic E-state index is 10.3. The zero-order chi connectivity index (χ0) is 19.8. The summed E-state index contributed by atoms with van der Waals surface area (Å²) in [6.45, 7) is 10.6. The maximum Gasteiger partial charge on any atom is 0.245 e. The number of hydrogen-bond acceptors (Lipinski definition) is 4.